The van der Waals surface area contributed by atoms with Gasteiger partial charge in [0.15, 0.2) is 5.16 Å². The third-order valence-electron chi connectivity index (χ3n) is 3.98. The zero-order chi connectivity index (χ0) is 16.9. The molecule has 0 radical (unpaired) electrons. The molecule has 0 aliphatic carbocycles. The van der Waals surface area contributed by atoms with Gasteiger partial charge < -0.3 is 0 Å². The number of hydrogen-bond acceptors (Lipinski definition) is 3. The van der Waals surface area contributed by atoms with Gasteiger partial charge in [0.05, 0.1) is 5.25 Å². The lowest BCUT2D eigenvalue weighted by Gasteiger charge is -2.17. The van der Waals surface area contributed by atoms with E-state index in [4.69, 9.17) is 0 Å². The second-order valence-electron chi connectivity index (χ2n) is 5.64. The first-order valence-corrected chi connectivity index (χ1v) is 9.02. The Morgan fingerprint density at radius 1 is 0.680 bits per heavy atom. The van der Waals surface area contributed by atoms with Crippen LogP contribution in [0, 0.1) is 0 Å². The van der Waals surface area contributed by atoms with Gasteiger partial charge in [-0.3, -0.25) is 4.57 Å². The first-order chi connectivity index (χ1) is 12.4. The predicted octanol–water partition coefficient (Wildman–Crippen LogP) is 5.15. The molecular weight excluding hydrogens is 326 g/mol. The zero-order valence-electron chi connectivity index (χ0n) is 13.6. The summed E-state index contributed by atoms with van der Waals surface area (Å²) in [4.78, 5) is 0. The lowest BCUT2D eigenvalue weighted by Crippen LogP contribution is -2.01. The maximum Gasteiger partial charge on any atom is 0.196 e. The summed E-state index contributed by atoms with van der Waals surface area (Å²) >= 11 is 1.71. The molecule has 25 heavy (non-hydrogen) atoms. The summed E-state index contributed by atoms with van der Waals surface area (Å²) in [5, 5.41) is 9.53. The monoisotopic (exact) mass is 343 g/mol. The molecule has 0 aliphatic rings. The Balaban J connectivity index is 1.73. The van der Waals surface area contributed by atoms with Crippen molar-refractivity contribution in [2.24, 2.45) is 0 Å². The summed E-state index contributed by atoms with van der Waals surface area (Å²) in [6.45, 7) is 0. The highest BCUT2D eigenvalue weighted by Crippen LogP contribution is 2.39. The van der Waals surface area contributed by atoms with E-state index in [9.17, 15) is 0 Å². The van der Waals surface area contributed by atoms with Crippen LogP contribution in [-0.2, 0) is 0 Å². The van der Waals surface area contributed by atoms with Gasteiger partial charge in [-0.1, -0.05) is 90.6 Å². The number of aromatic nitrogens is 3. The Morgan fingerprint density at radius 3 is 1.76 bits per heavy atom. The third kappa shape index (κ3) is 3.49. The van der Waals surface area contributed by atoms with Crippen LogP contribution in [0.15, 0.2) is 102 Å². The molecule has 0 saturated heterocycles. The van der Waals surface area contributed by atoms with Gasteiger partial charge in [0.25, 0.3) is 0 Å². The molecule has 3 aromatic carbocycles. The Morgan fingerprint density at radius 2 is 1.20 bits per heavy atom. The molecule has 0 atom stereocenters. The van der Waals surface area contributed by atoms with Gasteiger partial charge in [0.1, 0.15) is 6.33 Å². The topological polar surface area (TPSA) is 30.7 Å². The van der Waals surface area contributed by atoms with Crippen molar-refractivity contribution in [1.29, 1.82) is 0 Å². The number of benzene rings is 3. The smallest absolute Gasteiger partial charge is 0.196 e. The molecule has 0 aliphatic heterocycles. The van der Waals surface area contributed by atoms with Crippen molar-refractivity contribution in [3.8, 4) is 5.69 Å². The molecule has 4 aromatic rings. The first-order valence-electron chi connectivity index (χ1n) is 8.14. The molecule has 122 valence electrons. The lowest BCUT2D eigenvalue weighted by molar-refractivity contribution is 0.879. The number of hydrogen-bond donors (Lipinski definition) is 0. The van der Waals surface area contributed by atoms with Crippen molar-refractivity contribution < 1.29 is 0 Å². The van der Waals surface area contributed by atoms with E-state index in [1.165, 1.54) is 11.1 Å². The highest BCUT2D eigenvalue weighted by atomic mass is 32.2. The van der Waals surface area contributed by atoms with Crippen LogP contribution < -0.4 is 0 Å². The van der Waals surface area contributed by atoms with Gasteiger partial charge in [0.2, 0.25) is 0 Å². The Bertz CT molecular complexity index is 882. The largest absolute Gasteiger partial charge is 0.277 e. The van der Waals surface area contributed by atoms with Crippen molar-refractivity contribution in [2.45, 2.75) is 10.4 Å². The standard InChI is InChI=1S/C21H17N3S/c1-4-10-17(11-5-1)20(18-12-6-2-7-13-18)25-21-23-22-16-24(21)19-14-8-3-9-15-19/h1-16,20H. The Hall–Kier alpha value is -2.85. The van der Waals surface area contributed by atoms with Crippen LogP contribution in [0.5, 0.6) is 0 Å². The van der Waals surface area contributed by atoms with Crippen molar-refractivity contribution in [1.82, 2.24) is 14.8 Å². The van der Waals surface area contributed by atoms with Crippen LogP contribution in [0.25, 0.3) is 5.69 Å². The van der Waals surface area contributed by atoms with Gasteiger partial charge in [0, 0.05) is 5.69 Å². The number of para-hydroxylation sites is 1. The summed E-state index contributed by atoms with van der Waals surface area (Å²) < 4.78 is 2.03. The van der Waals surface area contributed by atoms with Gasteiger partial charge in [-0.15, -0.1) is 10.2 Å². The molecule has 1 aromatic heterocycles. The molecule has 0 amide bonds. The molecule has 0 saturated carbocycles. The van der Waals surface area contributed by atoms with Crippen molar-refractivity contribution in [3.05, 3.63) is 108 Å². The van der Waals surface area contributed by atoms with E-state index in [1.807, 2.05) is 34.9 Å². The molecule has 0 bridgehead atoms. The number of thioether (sulfide) groups is 1. The highest BCUT2D eigenvalue weighted by Gasteiger charge is 2.19. The van der Waals surface area contributed by atoms with Gasteiger partial charge >= 0.3 is 0 Å². The molecule has 0 spiro atoms. The predicted molar refractivity (Wildman–Crippen MR) is 102 cm³/mol. The SMILES string of the molecule is c1ccc(C(Sc2nncn2-c2ccccc2)c2ccccc2)cc1. The molecule has 1 heterocycles. The normalized spacial score (nSPS) is 10.9. The van der Waals surface area contributed by atoms with E-state index in [0.717, 1.165) is 10.8 Å². The Kier molecular flexibility index (Phi) is 4.61. The minimum atomic E-state index is 0.161. The molecule has 0 unspecified atom stereocenters. The fourth-order valence-electron chi connectivity index (χ4n) is 2.76. The average molecular weight is 343 g/mol. The van der Waals surface area contributed by atoms with Crippen LogP contribution in [0.4, 0.5) is 0 Å². The first kappa shape index (κ1) is 15.7. The number of rotatable bonds is 5. The lowest BCUT2D eigenvalue weighted by atomic mass is 10.0. The molecule has 0 fully saturated rings. The van der Waals surface area contributed by atoms with Crippen LogP contribution in [-0.4, -0.2) is 14.8 Å². The van der Waals surface area contributed by atoms with E-state index in [0.29, 0.717) is 0 Å². The van der Waals surface area contributed by atoms with E-state index in [2.05, 4.69) is 70.9 Å². The maximum atomic E-state index is 4.36. The highest BCUT2D eigenvalue weighted by molar-refractivity contribution is 7.99. The summed E-state index contributed by atoms with van der Waals surface area (Å²) in [6.07, 6.45) is 1.77. The second-order valence-corrected chi connectivity index (χ2v) is 6.71. The summed E-state index contributed by atoms with van der Waals surface area (Å²) in [6, 6.07) is 31.2. The number of nitrogens with zero attached hydrogens (tertiary/aromatic N) is 3. The Labute approximate surface area is 151 Å². The van der Waals surface area contributed by atoms with Gasteiger partial charge in [-0.25, -0.2) is 0 Å². The minimum Gasteiger partial charge on any atom is -0.277 e. The molecule has 3 nitrogen and oxygen atoms in total. The maximum absolute atomic E-state index is 4.36. The van der Waals surface area contributed by atoms with E-state index in [1.54, 1.807) is 18.1 Å². The van der Waals surface area contributed by atoms with Crippen LogP contribution >= 0.6 is 11.8 Å². The van der Waals surface area contributed by atoms with E-state index < -0.39 is 0 Å². The summed E-state index contributed by atoms with van der Waals surface area (Å²) in [5.41, 5.74) is 3.57. The van der Waals surface area contributed by atoms with E-state index >= 15 is 0 Å². The van der Waals surface area contributed by atoms with Gasteiger partial charge in [-0.2, -0.15) is 0 Å². The molecule has 0 N–H and O–H groups in total. The minimum absolute atomic E-state index is 0.161. The van der Waals surface area contributed by atoms with Crippen LogP contribution in [0.3, 0.4) is 0 Å². The molecular formula is C21H17N3S. The third-order valence-corrected chi connectivity index (χ3v) is 5.25. The van der Waals surface area contributed by atoms with E-state index in [-0.39, 0.29) is 5.25 Å². The van der Waals surface area contributed by atoms with Crippen molar-refractivity contribution in [2.75, 3.05) is 0 Å². The summed E-state index contributed by atoms with van der Waals surface area (Å²) in [7, 11) is 0. The van der Waals surface area contributed by atoms with Crippen molar-refractivity contribution >= 4 is 11.8 Å². The van der Waals surface area contributed by atoms with Gasteiger partial charge in [-0.05, 0) is 23.3 Å². The van der Waals surface area contributed by atoms with Crippen LogP contribution in [0.1, 0.15) is 16.4 Å². The average Bonchev–Trinajstić information content (AvgIpc) is 3.16. The molecule has 4 rings (SSSR count). The van der Waals surface area contributed by atoms with Crippen LogP contribution in [0.2, 0.25) is 0 Å². The zero-order valence-corrected chi connectivity index (χ0v) is 14.4. The fourth-order valence-corrected chi connectivity index (χ4v) is 3.92. The second kappa shape index (κ2) is 7.36. The quantitative estimate of drug-likeness (QED) is 0.470. The van der Waals surface area contributed by atoms with Crippen molar-refractivity contribution in [3.63, 3.8) is 0 Å². The summed E-state index contributed by atoms with van der Waals surface area (Å²) in [5.74, 6) is 0. The molecule has 4 heteroatoms. The fraction of sp³-hybridized carbons (Fsp3) is 0.0476.